The van der Waals surface area contributed by atoms with E-state index in [1.807, 2.05) is 66.7 Å². The highest BCUT2D eigenvalue weighted by atomic mass is 16.5. The van der Waals surface area contributed by atoms with Crippen molar-refractivity contribution >= 4 is 5.69 Å². The van der Waals surface area contributed by atoms with Crippen LogP contribution in [0.1, 0.15) is 11.1 Å². The van der Waals surface area contributed by atoms with Gasteiger partial charge in [-0.05, 0) is 35.4 Å². The molecule has 0 spiro atoms. The first-order chi connectivity index (χ1) is 10.9. The van der Waals surface area contributed by atoms with Gasteiger partial charge in [0.05, 0.1) is 0 Å². The van der Waals surface area contributed by atoms with E-state index < -0.39 is 0 Å². The molecule has 22 heavy (non-hydrogen) atoms. The van der Waals surface area contributed by atoms with E-state index >= 15 is 0 Å². The summed E-state index contributed by atoms with van der Waals surface area (Å²) < 4.78 is 5.76. The monoisotopic (exact) mass is 288 g/mol. The molecule has 0 atom stereocenters. The third-order valence-electron chi connectivity index (χ3n) is 3.28. The van der Waals surface area contributed by atoms with Crippen LogP contribution >= 0.6 is 0 Å². The van der Waals surface area contributed by atoms with Crippen molar-refractivity contribution in [1.82, 2.24) is 0 Å². The van der Waals surface area contributed by atoms with Gasteiger partial charge in [0.2, 0.25) is 0 Å². The molecule has 0 aromatic heterocycles. The van der Waals surface area contributed by atoms with Gasteiger partial charge in [-0.2, -0.15) is 0 Å². The predicted octanol–water partition coefficient (Wildman–Crippen LogP) is 4.74. The van der Waals surface area contributed by atoms with Crippen LogP contribution in [0.2, 0.25) is 0 Å². The average molecular weight is 288 g/mol. The SMILES string of the molecule is [CH](c1ccccc1)c1cccc(OCNc2ccccc2)c1. The second-order valence-electron chi connectivity index (χ2n) is 4.96. The minimum Gasteiger partial charge on any atom is -0.473 e. The van der Waals surface area contributed by atoms with E-state index in [2.05, 4.69) is 29.9 Å². The van der Waals surface area contributed by atoms with Crippen molar-refractivity contribution in [3.63, 3.8) is 0 Å². The Kier molecular flexibility index (Phi) is 4.73. The molecule has 109 valence electrons. The summed E-state index contributed by atoms with van der Waals surface area (Å²) in [5, 5.41) is 3.23. The normalized spacial score (nSPS) is 10.2. The van der Waals surface area contributed by atoms with Crippen molar-refractivity contribution in [2.45, 2.75) is 0 Å². The van der Waals surface area contributed by atoms with Gasteiger partial charge >= 0.3 is 0 Å². The van der Waals surface area contributed by atoms with Crippen molar-refractivity contribution in [3.05, 3.63) is 102 Å². The number of para-hydroxylation sites is 1. The molecular formula is C20H18NO. The molecule has 1 radical (unpaired) electrons. The number of hydrogen-bond donors (Lipinski definition) is 1. The molecule has 0 amide bonds. The smallest absolute Gasteiger partial charge is 0.159 e. The van der Waals surface area contributed by atoms with Crippen molar-refractivity contribution in [1.29, 1.82) is 0 Å². The molecule has 0 aliphatic rings. The fourth-order valence-corrected chi connectivity index (χ4v) is 2.19. The van der Waals surface area contributed by atoms with E-state index in [0.29, 0.717) is 6.73 Å². The highest BCUT2D eigenvalue weighted by Gasteiger charge is 1.99. The molecule has 3 aromatic carbocycles. The predicted molar refractivity (Wildman–Crippen MR) is 90.9 cm³/mol. The summed E-state index contributed by atoms with van der Waals surface area (Å²) in [4.78, 5) is 0. The Balaban J connectivity index is 1.57. The first-order valence-corrected chi connectivity index (χ1v) is 7.32. The Morgan fingerprint density at radius 1 is 0.727 bits per heavy atom. The van der Waals surface area contributed by atoms with Crippen LogP contribution in [0, 0.1) is 6.42 Å². The summed E-state index contributed by atoms with van der Waals surface area (Å²) >= 11 is 0. The molecule has 0 heterocycles. The summed E-state index contributed by atoms with van der Waals surface area (Å²) in [6.07, 6.45) is 2.14. The Hall–Kier alpha value is -2.74. The second kappa shape index (κ2) is 7.32. The van der Waals surface area contributed by atoms with Gasteiger partial charge < -0.3 is 10.1 Å². The van der Waals surface area contributed by atoms with Gasteiger partial charge in [0.25, 0.3) is 0 Å². The number of nitrogens with one attached hydrogen (secondary N) is 1. The van der Waals surface area contributed by atoms with Gasteiger partial charge in [0.1, 0.15) is 5.75 Å². The highest BCUT2D eigenvalue weighted by molar-refractivity contribution is 5.43. The number of benzene rings is 3. The van der Waals surface area contributed by atoms with Crippen LogP contribution in [0.15, 0.2) is 84.9 Å². The van der Waals surface area contributed by atoms with E-state index in [4.69, 9.17) is 4.74 Å². The van der Waals surface area contributed by atoms with Crippen molar-refractivity contribution in [2.75, 3.05) is 12.0 Å². The van der Waals surface area contributed by atoms with Gasteiger partial charge in [0, 0.05) is 12.1 Å². The number of anilines is 1. The molecule has 1 N–H and O–H groups in total. The van der Waals surface area contributed by atoms with E-state index in [9.17, 15) is 0 Å². The number of ether oxygens (including phenoxy) is 1. The lowest BCUT2D eigenvalue weighted by Gasteiger charge is -2.10. The van der Waals surface area contributed by atoms with Crippen LogP contribution in [0.25, 0.3) is 0 Å². The van der Waals surface area contributed by atoms with Gasteiger partial charge in [-0.25, -0.2) is 0 Å². The van der Waals surface area contributed by atoms with Gasteiger partial charge in [0.15, 0.2) is 6.73 Å². The molecular weight excluding hydrogens is 270 g/mol. The summed E-state index contributed by atoms with van der Waals surface area (Å²) in [5.41, 5.74) is 3.36. The van der Waals surface area contributed by atoms with Crippen LogP contribution in [0.4, 0.5) is 5.69 Å². The Morgan fingerprint density at radius 2 is 1.41 bits per heavy atom. The minimum atomic E-state index is 0.443. The third kappa shape index (κ3) is 4.13. The number of hydrogen-bond acceptors (Lipinski definition) is 2. The van der Waals surface area contributed by atoms with Crippen LogP contribution < -0.4 is 10.1 Å². The Morgan fingerprint density at radius 3 is 2.18 bits per heavy atom. The van der Waals surface area contributed by atoms with Crippen LogP contribution in [0.5, 0.6) is 5.75 Å². The second-order valence-corrected chi connectivity index (χ2v) is 4.96. The molecule has 0 aliphatic carbocycles. The topological polar surface area (TPSA) is 21.3 Å². The van der Waals surface area contributed by atoms with Crippen LogP contribution in [0.3, 0.4) is 0 Å². The number of rotatable bonds is 6. The van der Waals surface area contributed by atoms with Gasteiger partial charge in [-0.1, -0.05) is 60.7 Å². The van der Waals surface area contributed by atoms with E-state index in [1.165, 1.54) is 5.56 Å². The average Bonchev–Trinajstić information content (AvgIpc) is 2.57. The molecule has 3 rings (SSSR count). The molecule has 0 aliphatic heterocycles. The highest BCUT2D eigenvalue weighted by Crippen LogP contribution is 2.18. The zero-order valence-electron chi connectivity index (χ0n) is 12.3. The van der Waals surface area contributed by atoms with Crippen LogP contribution in [-0.4, -0.2) is 6.73 Å². The molecule has 0 saturated carbocycles. The summed E-state index contributed by atoms with van der Waals surface area (Å²) in [6, 6.07) is 28.4. The third-order valence-corrected chi connectivity index (χ3v) is 3.28. The molecule has 0 unspecified atom stereocenters. The van der Waals surface area contributed by atoms with Crippen molar-refractivity contribution in [3.8, 4) is 5.75 Å². The maximum atomic E-state index is 5.76. The Labute approximate surface area is 131 Å². The summed E-state index contributed by atoms with van der Waals surface area (Å²) in [6.45, 7) is 0.443. The minimum absolute atomic E-state index is 0.443. The molecule has 0 saturated heterocycles. The zero-order valence-corrected chi connectivity index (χ0v) is 12.3. The van der Waals surface area contributed by atoms with Crippen LogP contribution in [-0.2, 0) is 0 Å². The molecule has 0 bridgehead atoms. The molecule has 0 fully saturated rings. The first kappa shape index (κ1) is 14.2. The fourth-order valence-electron chi connectivity index (χ4n) is 2.19. The quantitative estimate of drug-likeness (QED) is 0.662. The summed E-state index contributed by atoms with van der Waals surface area (Å²) in [5.74, 6) is 0.855. The lowest BCUT2D eigenvalue weighted by atomic mass is 10.1. The van der Waals surface area contributed by atoms with E-state index in [0.717, 1.165) is 17.0 Å². The zero-order chi connectivity index (χ0) is 15.0. The van der Waals surface area contributed by atoms with Gasteiger partial charge in [-0.3, -0.25) is 0 Å². The van der Waals surface area contributed by atoms with Crippen molar-refractivity contribution < 1.29 is 4.74 Å². The molecule has 2 nitrogen and oxygen atoms in total. The van der Waals surface area contributed by atoms with E-state index in [1.54, 1.807) is 0 Å². The van der Waals surface area contributed by atoms with Crippen molar-refractivity contribution in [2.24, 2.45) is 0 Å². The largest absolute Gasteiger partial charge is 0.473 e. The summed E-state index contributed by atoms with van der Waals surface area (Å²) in [7, 11) is 0. The van der Waals surface area contributed by atoms with E-state index in [-0.39, 0.29) is 0 Å². The lowest BCUT2D eigenvalue weighted by Crippen LogP contribution is -2.08. The lowest BCUT2D eigenvalue weighted by molar-refractivity contribution is 0.346. The maximum Gasteiger partial charge on any atom is 0.159 e. The molecule has 3 aromatic rings. The van der Waals surface area contributed by atoms with Gasteiger partial charge in [-0.15, -0.1) is 0 Å². The molecule has 2 heteroatoms. The maximum absolute atomic E-state index is 5.76. The fraction of sp³-hybridized carbons (Fsp3) is 0.0500. The first-order valence-electron chi connectivity index (χ1n) is 7.32. The standard InChI is InChI=1S/C20H18NO/c1-3-8-17(9-4-1)14-18-10-7-13-20(15-18)22-16-21-19-11-5-2-6-12-19/h1-15,21H,16H2. The Bertz CT molecular complexity index is 695.